The molecule has 1 aliphatic heterocycles. The average molecular weight is 256 g/mol. The number of ether oxygens (including phenoxy) is 1. The van der Waals surface area contributed by atoms with Crippen molar-refractivity contribution in [3.63, 3.8) is 0 Å². The van der Waals surface area contributed by atoms with Gasteiger partial charge in [0.1, 0.15) is 0 Å². The predicted octanol–water partition coefficient (Wildman–Crippen LogP) is 1.68. The Morgan fingerprint density at radius 2 is 2.28 bits per heavy atom. The Bertz CT molecular complexity index is 238. The fraction of sp³-hybridized carbons (Fsp3) is 0.929. The van der Waals surface area contributed by atoms with Crippen LogP contribution in [0.15, 0.2) is 0 Å². The molecule has 0 aromatic rings. The Hall–Kier alpha value is -0.610. The number of hydrogen-bond acceptors (Lipinski definition) is 3. The van der Waals surface area contributed by atoms with Crippen LogP contribution in [0.2, 0.25) is 0 Å². The van der Waals surface area contributed by atoms with Crippen molar-refractivity contribution in [2.24, 2.45) is 17.6 Å². The fourth-order valence-corrected chi connectivity index (χ4v) is 2.51. The maximum absolute atomic E-state index is 11.8. The number of rotatable bonds is 8. The first-order valence-corrected chi connectivity index (χ1v) is 7.20. The van der Waals surface area contributed by atoms with Crippen molar-refractivity contribution in [1.82, 2.24) is 5.32 Å². The van der Waals surface area contributed by atoms with Crippen LogP contribution in [-0.2, 0) is 9.53 Å². The van der Waals surface area contributed by atoms with Gasteiger partial charge in [-0.05, 0) is 44.1 Å². The van der Waals surface area contributed by atoms with Gasteiger partial charge in [-0.3, -0.25) is 4.79 Å². The van der Waals surface area contributed by atoms with Crippen LogP contribution >= 0.6 is 0 Å². The van der Waals surface area contributed by atoms with Crippen LogP contribution in [0, 0.1) is 11.8 Å². The topological polar surface area (TPSA) is 64.4 Å². The van der Waals surface area contributed by atoms with Gasteiger partial charge in [-0.2, -0.15) is 0 Å². The average Bonchev–Trinajstić information content (AvgIpc) is 2.80. The molecule has 4 heteroatoms. The molecule has 1 fully saturated rings. The van der Waals surface area contributed by atoms with Crippen LogP contribution in [0.25, 0.3) is 0 Å². The molecule has 0 bridgehead atoms. The van der Waals surface area contributed by atoms with Gasteiger partial charge in [0, 0.05) is 19.6 Å². The van der Waals surface area contributed by atoms with Crippen molar-refractivity contribution in [1.29, 1.82) is 0 Å². The van der Waals surface area contributed by atoms with E-state index in [1.54, 1.807) is 0 Å². The van der Waals surface area contributed by atoms with E-state index in [9.17, 15) is 4.79 Å². The molecule has 1 amide bonds. The quantitative estimate of drug-likeness (QED) is 0.694. The third kappa shape index (κ3) is 6.36. The lowest BCUT2D eigenvalue weighted by molar-refractivity contribution is -0.122. The number of amides is 1. The molecule has 1 aliphatic rings. The molecule has 1 heterocycles. The summed E-state index contributed by atoms with van der Waals surface area (Å²) in [4.78, 5) is 11.8. The standard InChI is InChI=1S/C14H28N2O2/c1-11(2)8-12(10-15)9-14(17)16-6-5-13-4-3-7-18-13/h11-13H,3-10,15H2,1-2H3,(H,16,17)/t12-,13?/m0/s1. The lowest BCUT2D eigenvalue weighted by Crippen LogP contribution is -2.30. The molecule has 1 saturated heterocycles. The van der Waals surface area contributed by atoms with E-state index >= 15 is 0 Å². The van der Waals surface area contributed by atoms with Crippen LogP contribution < -0.4 is 11.1 Å². The Labute approximate surface area is 111 Å². The highest BCUT2D eigenvalue weighted by molar-refractivity contribution is 5.76. The molecule has 0 radical (unpaired) electrons. The zero-order chi connectivity index (χ0) is 13.4. The molecule has 0 aromatic carbocycles. The molecule has 4 nitrogen and oxygen atoms in total. The summed E-state index contributed by atoms with van der Waals surface area (Å²) in [5.74, 6) is 1.04. The van der Waals surface area contributed by atoms with Gasteiger partial charge in [-0.1, -0.05) is 13.8 Å². The maximum Gasteiger partial charge on any atom is 0.220 e. The number of nitrogens with two attached hydrogens (primary N) is 1. The predicted molar refractivity (Wildman–Crippen MR) is 73.2 cm³/mol. The van der Waals surface area contributed by atoms with E-state index in [4.69, 9.17) is 10.5 Å². The van der Waals surface area contributed by atoms with Crippen molar-refractivity contribution in [2.75, 3.05) is 19.7 Å². The number of carbonyl (C=O) groups is 1. The molecule has 0 aromatic heterocycles. The van der Waals surface area contributed by atoms with Crippen LogP contribution in [0.5, 0.6) is 0 Å². The molecule has 2 atom stereocenters. The van der Waals surface area contributed by atoms with Gasteiger partial charge in [-0.15, -0.1) is 0 Å². The van der Waals surface area contributed by atoms with Gasteiger partial charge in [0.15, 0.2) is 0 Å². The smallest absolute Gasteiger partial charge is 0.220 e. The van der Waals surface area contributed by atoms with Gasteiger partial charge in [0.2, 0.25) is 5.91 Å². The summed E-state index contributed by atoms with van der Waals surface area (Å²) >= 11 is 0. The Morgan fingerprint density at radius 1 is 1.50 bits per heavy atom. The Kier molecular flexibility index (Phi) is 7.28. The second kappa shape index (κ2) is 8.48. The first kappa shape index (κ1) is 15.4. The van der Waals surface area contributed by atoms with Crippen LogP contribution in [0.4, 0.5) is 0 Å². The van der Waals surface area contributed by atoms with Crippen LogP contribution in [0.1, 0.15) is 46.0 Å². The van der Waals surface area contributed by atoms with E-state index < -0.39 is 0 Å². The minimum absolute atomic E-state index is 0.129. The van der Waals surface area contributed by atoms with E-state index in [0.29, 0.717) is 30.9 Å². The molecule has 0 aliphatic carbocycles. The molecule has 0 spiro atoms. The number of hydrogen-bond donors (Lipinski definition) is 2. The zero-order valence-electron chi connectivity index (χ0n) is 11.8. The summed E-state index contributed by atoms with van der Waals surface area (Å²) in [5, 5.41) is 2.97. The Morgan fingerprint density at radius 3 is 2.83 bits per heavy atom. The molecular formula is C14H28N2O2. The molecule has 18 heavy (non-hydrogen) atoms. The van der Waals surface area contributed by atoms with E-state index in [-0.39, 0.29) is 5.91 Å². The van der Waals surface area contributed by atoms with Crippen LogP contribution in [0.3, 0.4) is 0 Å². The summed E-state index contributed by atoms with van der Waals surface area (Å²) < 4.78 is 5.52. The van der Waals surface area contributed by atoms with Gasteiger partial charge in [-0.25, -0.2) is 0 Å². The summed E-state index contributed by atoms with van der Waals surface area (Å²) in [5.41, 5.74) is 5.70. The molecule has 1 unspecified atom stereocenters. The van der Waals surface area contributed by atoms with Crippen molar-refractivity contribution < 1.29 is 9.53 Å². The van der Waals surface area contributed by atoms with Crippen molar-refractivity contribution in [3.05, 3.63) is 0 Å². The number of carbonyl (C=O) groups excluding carboxylic acids is 1. The minimum atomic E-state index is 0.129. The largest absolute Gasteiger partial charge is 0.378 e. The summed E-state index contributed by atoms with van der Waals surface area (Å²) in [6.07, 6.45) is 5.15. The van der Waals surface area contributed by atoms with E-state index in [2.05, 4.69) is 19.2 Å². The fourth-order valence-electron chi connectivity index (χ4n) is 2.51. The first-order valence-electron chi connectivity index (χ1n) is 7.20. The lowest BCUT2D eigenvalue weighted by atomic mass is 9.94. The summed E-state index contributed by atoms with van der Waals surface area (Å²) in [6, 6.07) is 0. The molecule has 106 valence electrons. The van der Waals surface area contributed by atoms with Gasteiger partial charge in [0.05, 0.1) is 6.10 Å². The maximum atomic E-state index is 11.8. The SMILES string of the molecule is CC(C)C[C@H](CN)CC(=O)NCCC1CCCO1. The first-order chi connectivity index (χ1) is 8.61. The highest BCUT2D eigenvalue weighted by Gasteiger charge is 2.16. The highest BCUT2D eigenvalue weighted by atomic mass is 16.5. The summed E-state index contributed by atoms with van der Waals surface area (Å²) in [6.45, 7) is 6.53. The monoisotopic (exact) mass is 256 g/mol. The second-order valence-corrected chi connectivity index (χ2v) is 5.71. The lowest BCUT2D eigenvalue weighted by Gasteiger charge is -2.17. The van der Waals surface area contributed by atoms with Gasteiger partial charge < -0.3 is 15.8 Å². The third-order valence-corrected chi connectivity index (χ3v) is 3.42. The zero-order valence-corrected chi connectivity index (χ0v) is 11.8. The molecular weight excluding hydrogens is 228 g/mol. The normalized spacial score (nSPS) is 21.2. The number of nitrogens with one attached hydrogen (secondary N) is 1. The molecule has 0 saturated carbocycles. The van der Waals surface area contributed by atoms with Crippen LogP contribution in [-0.4, -0.2) is 31.7 Å². The van der Waals surface area contributed by atoms with Crippen molar-refractivity contribution in [2.45, 2.75) is 52.1 Å². The second-order valence-electron chi connectivity index (χ2n) is 5.71. The highest BCUT2D eigenvalue weighted by Crippen LogP contribution is 2.15. The Balaban J connectivity index is 2.11. The van der Waals surface area contributed by atoms with Crippen molar-refractivity contribution >= 4 is 5.91 Å². The van der Waals surface area contributed by atoms with Gasteiger partial charge in [0.25, 0.3) is 0 Å². The molecule has 1 rings (SSSR count). The minimum Gasteiger partial charge on any atom is -0.378 e. The van der Waals surface area contributed by atoms with E-state index in [1.807, 2.05) is 0 Å². The van der Waals surface area contributed by atoms with Gasteiger partial charge >= 0.3 is 0 Å². The van der Waals surface area contributed by atoms with E-state index in [1.165, 1.54) is 0 Å². The van der Waals surface area contributed by atoms with Crippen molar-refractivity contribution in [3.8, 4) is 0 Å². The summed E-state index contributed by atoms with van der Waals surface area (Å²) in [7, 11) is 0. The molecule has 3 N–H and O–H groups in total. The third-order valence-electron chi connectivity index (χ3n) is 3.42. The van der Waals surface area contributed by atoms with E-state index in [0.717, 1.165) is 38.8 Å².